The van der Waals surface area contributed by atoms with Crippen LogP contribution in [-0.4, -0.2) is 46.2 Å². The van der Waals surface area contributed by atoms with Gasteiger partial charge in [0.05, 0.1) is 0 Å². The van der Waals surface area contributed by atoms with Gasteiger partial charge in [0.15, 0.2) is 0 Å². The second kappa shape index (κ2) is 7.02. The SMILES string of the molecule is C[C@H]1[C@H](NC(=O)c2ccc(Oc3nnc(C#N)s3)cc2)C2CCN1CC2. The fraction of sp³-hybridized carbons (Fsp3) is 0.444. The predicted octanol–water partition coefficient (Wildman–Crippen LogP) is 2.41. The molecule has 2 atom stereocenters. The van der Waals surface area contributed by atoms with E-state index in [-0.39, 0.29) is 17.0 Å². The molecule has 3 fully saturated rings. The lowest BCUT2D eigenvalue weighted by Gasteiger charge is -2.49. The van der Waals surface area contributed by atoms with Crippen LogP contribution in [0.5, 0.6) is 10.9 Å². The second-order valence-electron chi connectivity index (χ2n) is 6.72. The molecule has 2 bridgehead atoms. The van der Waals surface area contributed by atoms with E-state index in [0.29, 0.717) is 28.5 Å². The number of ether oxygens (including phenoxy) is 1. The van der Waals surface area contributed by atoms with Crippen molar-refractivity contribution in [1.29, 1.82) is 5.26 Å². The van der Waals surface area contributed by atoms with E-state index in [1.54, 1.807) is 24.3 Å². The molecule has 2 aromatic rings. The minimum Gasteiger partial charge on any atom is -0.430 e. The zero-order valence-corrected chi connectivity index (χ0v) is 15.2. The van der Waals surface area contributed by atoms with E-state index in [1.807, 2.05) is 6.07 Å². The number of benzene rings is 1. The van der Waals surface area contributed by atoms with E-state index in [9.17, 15) is 4.79 Å². The number of aromatic nitrogens is 2. The van der Waals surface area contributed by atoms with Crippen LogP contribution < -0.4 is 10.1 Å². The Bertz CT molecular complexity index is 834. The Kier molecular flexibility index (Phi) is 4.57. The van der Waals surface area contributed by atoms with Crippen molar-refractivity contribution in [2.45, 2.75) is 31.8 Å². The maximum atomic E-state index is 12.6. The first-order valence-corrected chi connectivity index (χ1v) is 9.52. The minimum absolute atomic E-state index is 0.0511. The molecule has 4 heterocycles. The molecular formula is C18H19N5O2S. The van der Waals surface area contributed by atoms with Gasteiger partial charge in [-0.2, -0.15) is 5.26 Å². The Labute approximate surface area is 155 Å². The van der Waals surface area contributed by atoms with Crippen LogP contribution >= 0.6 is 11.3 Å². The third-order valence-corrected chi connectivity index (χ3v) is 6.01. The molecule has 1 amide bonds. The number of piperidine rings is 3. The molecule has 26 heavy (non-hydrogen) atoms. The third kappa shape index (κ3) is 3.28. The molecule has 1 aromatic heterocycles. The molecule has 1 aromatic carbocycles. The summed E-state index contributed by atoms with van der Waals surface area (Å²) in [5.74, 6) is 1.08. The van der Waals surface area contributed by atoms with Crippen LogP contribution in [0.3, 0.4) is 0 Å². The zero-order valence-electron chi connectivity index (χ0n) is 14.4. The van der Waals surface area contributed by atoms with Crippen LogP contribution in [0.2, 0.25) is 0 Å². The van der Waals surface area contributed by atoms with Crippen LogP contribution in [0.15, 0.2) is 24.3 Å². The molecule has 3 aliphatic heterocycles. The van der Waals surface area contributed by atoms with Crippen LogP contribution in [0, 0.1) is 17.2 Å². The molecule has 0 aliphatic carbocycles. The summed E-state index contributed by atoms with van der Waals surface area (Å²) in [6.45, 7) is 4.48. The first-order chi connectivity index (χ1) is 12.6. The van der Waals surface area contributed by atoms with Crippen LogP contribution in [0.1, 0.15) is 35.1 Å². The van der Waals surface area contributed by atoms with Crippen molar-refractivity contribution in [3.63, 3.8) is 0 Å². The number of amides is 1. The second-order valence-corrected chi connectivity index (χ2v) is 7.66. The molecule has 7 nitrogen and oxygen atoms in total. The molecule has 0 spiro atoms. The molecule has 1 N–H and O–H groups in total. The zero-order chi connectivity index (χ0) is 18.1. The molecule has 3 aliphatic rings. The fourth-order valence-corrected chi connectivity index (χ4v) is 4.36. The Morgan fingerprint density at radius 2 is 2.04 bits per heavy atom. The van der Waals surface area contributed by atoms with Gasteiger partial charge in [-0.05, 0) is 74.4 Å². The van der Waals surface area contributed by atoms with E-state index in [0.717, 1.165) is 37.3 Å². The normalized spacial score (nSPS) is 26.9. The lowest BCUT2D eigenvalue weighted by Crippen LogP contribution is -2.62. The van der Waals surface area contributed by atoms with Gasteiger partial charge in [-0.15, -0.1) is 5.10 Å². The predicted molar refractivity (Wildman–Crippen MR) is 96.2 cm³/mol. The van der Waals surface area contributed by atoms with E-state index in [2.05, 4.69) is 27.3 Å². The number of fused-ring (bicyclic) bond motifs is 3. The van der Waals surface area contributed by atoms with Gasteiger partial charge >= 0.3 is 5.19 Å². The monoisotopic (exact) mass is 369 g/mol. The summed E-state index contributed by atoms with van der Waals surface area (Å²) in [4.78, 5) is 15.1. The topological polar surface area (TPSA) is 91.1 Å². The lowest BCUT2D eigenvalue weighted by atomic mass is 9.79. The van der Waals surface area contributed by atoms with Gasteiger partial charge < -0.3 is 10.1 Å². The maximum absolute atomic E-state index is 12.6. The van der Waals surface area contributed by atoms with Gasteiger partial charge in [0.1, 0.15) is 11.8 Å². The number of rotatable bonds is 4. The number of carbonyl (C=O) groups excluding carboxylic acids is 1. The van der Waals surface area contributed by atoms with Crippen LogP contribution in [0.4, 0.5) is 0 Å². The van der Waals surface area contributed by atoms with E-state index >= 15 is 0 Å². The summed E-state index contributed by atoms with van der Waals surface area (Å²) >= 11 is 1.08. The van der Waals surface area contributed by atoms with Crippen molar-refractivity contribution in [2.75, 3.05) is 13.1 Å². The van der Waals surface area contributed by atoms with Crippen molar-refractivity contribution in [3.8, 4) is 17.0 Å². The summed E-state index contributed by atoms with van der Waals surface area (Å²) in [5, 5.41) is 20.0. The number of nitrogens with zero attached hydrogens (tertiary/aromatic N) is 4. The smallest absolute Gasteiger partial charge is 0.300 e. The van der Waals surface area contributed by atoms with Gasteiger partial charge in [0.2, 0.25) is 5.01 Å². The van der Waals surface area contributed by atoms with E-state index < -0.39 is 0 Å². The fourth-order valence-electron chi connectivity index (χ4n) is 3.85. The Morgan fingerprint density at radius 3 is 2.65 bits per heavy atom. The van der Waals surface area contributed by atoms with Gasteiger partial charge in [0, 0.05) is 17.6 Å². The van der Waals surface area contributed by atoms with Crippen molar-refractivity contribution in [3.05, 3.63) is 34.8 Å². The molecule has 0 radical (unpaired) electrons. The van der Waals surface area contributed by atoms with E-state index in [1.165, 1.54) is 0 Å². The number of carbonyl (C=O) groups is 1. The Morgan fingerprint density at radius 1 is 1.31 bits per heavy atom. The van der Waals surface area contributed by atoms with Crippen molar-refractivity contribution >= 4 is 17.2 Å². The highest BCUT2D eigenvalue weighted by Gasteiger charge is 2.40. The van der Waals surface area contributed by atoms with Gasteiger partial charge in [-0.25, -0.2) is 0 Å². The first kappa shape index (κ1) is 16.9. The van der Waals surface area contributed by atoms with Crippen LogP contribution in [0.25, 0.3) is 0 Å². The van der Waals surface area contributed by atoms with Crippen molar-refractivity contribution < 1.29 is 9.53 Å². The minimum atomic E-state index is -0.0511. The lowest BCUT2D eigenvalue weighted by molar-refractivity contribution is 0.0217. The maximum Gasteiger partial charge on any atom is 0.300 e. The summed E-state index contributed by atoms with van der Waals surface area (Å²) in [6, 6.07) is 9.45. The molecular weight excluding hydrogens is 350 g/mol. The largest absolute Gasteiger partial charge is 0.430 e. The molecule has 3 saturated heterocycles. The molecule has 8 heteroatoms. The summed E-state index contributed by atoms with van der Waals surface area (Å²) in [5.41, 5.74) is 0.607. The molecule has 134 valence electrons. The van der Waals surface area contributed by atoms with E-state index in [4.69, 9.17) is 10.00 Å². The summed E-state index contributed by atoms with van der Waals surface area (Å²) < 4.78 is 5.56. The van der Waals surface area contributed by atoms with Gasteiger partial charge in [0.25, 0.3) is 5.91 Å². The number of nitrogens with one attached hydrogen (secondary N) is 1. The Balaban J connectivity index is 1.40. The highest BCUT2D eigenvalue weighted by atomic mass is 32.1. The van der Waals surface area contributed by atoms with Gasteiger partial charge in [-0.1, -0.05) is 5.10 Å². The third-order valence-electron chi connectivity index (χ3n) is 5.30. The number of nitriles is 1. The van der Waals surface area contributed by atoms with Crippen LogP contribution in [-0.2, 0) is 0 Å². The standard InChI is InChI=1S/C18H19N5O2S/c1-11-16(12-6-8-23(11)9-7-12)20-17(24)13-2-4-14(5-3-13)25-18-22-21-15(10-19)26-18/h2-5,11-12,16H,6-9H2,1H3,(H,20,24)/t11-,16-/m0/s1. The molecule has 0 saturated carbocycles. The first-order valence-electron chi connectivity index (χ1n) is 8.70. The highest BCUT2D eigenvalue weighted by molar-refractivity contribution is 7.13. The van der Waals surface area contributed by atoms with Crippen molar-refractivity contribution in [1.82, 2.24) is 20.4 Å². The van der Waals surface area contributed by atoms with Gasteiger partial charge in [-0.3, -0.25) is 9.69 Å². The average molecular weight is 369 g/mol. The van der Waals surface area contributed by atoms with Crippen molar-refractivity contribution in [2.24, 2.45) is 5.92 Å². The Hall–Kier alpha value is -2.50. The average Bonchev–Trinajstić information content (AvgIpc) is 3.13. The number of hydrogen-bond donors (Lipinski definition) is 1. The quantitative estimate of drug-likeness (QED) is 0.890. The number of hydrogen-bond acceptors (Lipinski definition) is 7. The molecule has 5 rings (SSSR count). The summed E-state index contributed by atoms with van der Waals surface area (Å²) in [6.07, 6.45) is 2.32. The summed E-state index contributed by atoms with van der Waals surface area (Å²) in [7, 11) is 0. The molecule has 0 unspecified atom stereocenters. The highest BCUT2D eigenvalue weighted by Crippen LogP contribution is 2.32.